The highest BCUT2D eigenvalue weighted by Gasteiger charge is 2.31. The monoisotopic (exact) mass is 304 g/mol. The van der Waals surface area contributed by atoms with E-state index in [-0.39, 0.29) is 23.0 Å². The molecule has 1 fully saturated rings. The minimum absolute atomic E-state index is 0.0133. The van der Waals surface area contributed by atoms with Crippen LogP contribution in [0.3, 0.4) is 0 Å². The molecule has 1 aliphatic heterocycles. The van der Waals surface area contributed by atoms with Crippen LogP contribution in [-0.4, -0.2) is 36.8 Å². The highest BCUT2D eigenvalue weighted by molar-refractivity contribution is 7.99. The van der Waals surface area contributed by atoms with Crippen LogP contribution in [0.25, 0.3) is 0 Å². The van der Waals surface area contributed by atoms with Gasteiger partial charge in [-0.1, -0.05) is 0 Å². The van der Waals surface area contributed by atoms with E-state index < -0.39 is 15.8 Å². The van der Waals surface area contributed by atoms with Crippen LogP contribution < -0.4 is 5.73 Å². The molecule has 2 rings (SSSR count). The van der Waals surface area contributed by atoms with Crippen molar-refractivity contribution >= 4 is 21.8 Å². The van der Waals surface area contributed by atoms with E-state index in [9.17, 15) is 12.8 Å². The Morgan fingerprint density at radius 1 is 1.53 bits per heavy atom. The molecule has 2 N–H and O–H groups in total. The Labute approximate surface area is 117 Å². The predicted octanol–water partition coefficient (Wildman–Crippen LogP) is 1.41. The fourth-order valence-electron chi connectivity index (χ4n) is 2.07. The van der Waals surface area contributed by atoms with Crippen molar-refractivity contribution in [3.05, 3.63) is 29.6 Å². The van der Waals surface area contributed by atoms with Crippen molar-refractivity contribution in [3.63, 3.8) is 0 Å². The lowest BCUT2D eigenvalue weighted by Gasteiger charge is -2.32. The van der Waals surface area contributed by atoms with E-state index >= 15 is 0 Å². The van der Waals surface area contributed by atoms with Crippen LogP contribution in [0.1, 0.15) is 12.5 Å². The van der Waals surface area contributed by atoms with Gasteiger partial charge in [0.25, 0.3) is 0 Å². The van der Waals surface area contributed by atoms with Gasteiger partial charge in [-0.05, 0) is 25.1 Å². The van der Waals surface area contributed by atoms with Gasteiger partial charge in [-0.3, -0.25) is 0 Å². The summed E-state index contributed by atoms with van der Waals surface area (Å²) in [6.45, 7) is 2.36. The fourth-order valence-corrected chi connectivity index (χ4v) is 4.98. The van der Waals surface area contributed by atoms with E-state index in [1.807, 2.05) is 6.92 Å². The molecule has 0 spiro atoms. The minimum atomic E-state index is -3.56. The molecule has 0 amide bonds. The number of benzene rings is 1. The lowest BCUT2D eigenvalue weighted by molar-refractivity contribution is 0.367. The van der Waals surface area contributed by atoms with Crippen LogP contribution >= 0.6 is 11.8 Å². The zero-order chi connectivity index (χ0) is 14.0. The Bertz CT molecular complexity index is 563. The fraction of sp³-hybridized carbons (Fsp3) is 0.500. The molecule has 1 atom stereocenters. The lowest BCUT2D eigenvalue weighted by atomic mass is 10.2. The highest BCUT2D eigenvalue weighted by Crippen LogP contribution is 2.25. The zero-order valence-electron chi connectivity index (χ0n) is 10.7. The maximum Gasteiger partial charge on any atom is 0.243 e. The van der Waals surface area contributed by atoms with Crippen molar-refractivity contribution in [2.24, 2.45) is 5.73 Å². The molecule has 1 saturated heterocycles. The van der Waals surface area contributed by atoms with Crippen LogP contribution in [0.4, 0.5) is 4.39 Å². The Kier molecular flexibility index (Phi) is 4.50. The van der Waals surface area contributed by atoms with Gasteiger partial charge in [0, 0.05) is 36.2 Å². The van der Waals surface area contributed by atoms with Gasteiger partial charge in [0.1, 0.15) is 5.82 Å². The molecule has 7 heteroatoms. The van der Waals surface area contributed by atoms with Crippen LogP contribution in [0, 0.1) is 5.82 Å². The van der Waals surface area contributed by atoms with Gasteiger partial charge < -0.3 is 5.73 Å². The van der Waals surface area contributed by atoms with Crippen LogP contribution in [0.5, 0.6) is 0 Å². The lowest BCUT2D eigenvalue weighted by Crippen LogP contribution is -2.44. The number of hydrogen-bond acceptors (Lipinski definition) is 4. The topological polar surface area (TPSA) is 63.4 Å². The van der Waals surface area contributed by atoms with Gasteiger partial charge >= 0.3 is 0 Å². The van der Waals surface area contributed by atoms with Gasteiger partial charge in [-0.15, -0.1) is 0 Å². The molecular formula is C12H17FN2O2S2. The number of thioether (sulfide) groups is 1. The maximum absolute atomic E-state index is 13.4. The Hall–Kier alpha value is -0.630. The van der Waals surface area contributed by atoms with Gasteiger partial charge in [0.2, 0.25) is 10.0 Å². The first-order valence-electron chi connectivity index (χ1n) is 6.05. The van der Waals surface area contributed by atoms with Crippen molar-refractivity contribution in [2.75, 3.05) is 18.1 Å². The summed E-state index contributed by atoms with van der Waals surface area (Å²) in [5.41, 5.74) is 5.64. The molecule has 1 aromatic carbocycles. The summed E-state index contributed by atoms with van der Waals surface area (Å²) in [5, 5.41) is 0. The molecule has 1 aliphatic rings. The summed E-state index contributed by atoms with van der Waals surface area (Å²) in [6.07, 6.45) is 0. The molecular weight excluding hydrogens is 287 g/mol. The second kappa shape index (κ2) is 5.78. The quantitative estimate of drug-likeness (QED) is 0.917. The van der Waals surface area contributed by atoms with Crippen molar-refractivity contribution in [3.8, 4) is 0 Å². The summed E-state index contributed by atoms with van der Waals surface area (Å²) >= 11 is 1.74. The normalized spacial score (nSPS) is 21.5. The average molecular weight is 304 g/mol. The molecule has 0 aromatic heterocycles. The number of nitrogens with zero attached hydrogens (tertiary/aromatic N) is 1. The largest absolute Gasteiger partial charge is 0.326 e. The van der Waals surface area contributed by atoms with E-state index in [4.69, 9.17) is 5.73 Å². The molecule has 19 heavy (non-hydrogen) atoms. The first-order valence-corrected chi connectivity index (χ1v) is 8.64. The van der Waals surface area contributed by atoms with Gasteiger partial charge in [0.05, 0.1) is 4.90 Å². The standard InChI is InChI=1S/C12H17FN2O2S2/c1-9-8-18-5-4-15(9)19(16,17)11-2-3-12(13)10(6-11)7-14/h2-3,6,9H,4-5,7-8,14H2,1H3. The Morgan fingerprint density at radius 2 is 2.26 bits per heavy atom. The summed E-state index contributed by atoms with van der Waals surface area (Å²) in [4.78, 5) is 0.119. The minimum Gasteiger partial charge on any atom is -0.326 e. The molecule has 0 saturated carbocycles. The predicted molar refractivity (Wildman–Crippen MR) is 75.0 cm³/mol. The summed E-state index contributed by atoms with van der Waals surface area (Å²) < 4.78 is 39.9. The summed E-state index contributed by atoms with van der Waals surface area (Å²) in [7, 11) is -3.56. The highest BCUT2D eigenvalue weighted by atomic mass is 32.2. The first-order chi connectivity index (χ1) is 8.96. The SMILES string of the molecule is CC1CSCCN1S(=O)(=O)c1ccc(F)c(CN)c1. The van der Waals surface area contributed by atoms with Crippen molar-refractivity contribution in [2.45, 2.75) is 24.4 Å². The van der Waals surface area contributed by atoms with Crippen molar-refractivity contribution in [1.29, 1.82) is 0 Å². The molecule has 106 valence electrons. The first kappa shape index (κ1) is 14.8. The third kappa shape index (κ3) is 2.94. The van der Waals surface area contributed by atoms with Gasteiger partial charge in [-0.2, -0.15) is 16.1 Å². The Balaban J connectivity index is 2.38. The smallest absolute Gasteiger partial charge is 0.243 e. The molecule has 1 unspecified atom stereocenters. The van der Waals surface area contributed by atoms with Crippen LogP contribution in [0.15, 0.2) is 23.1 Å². The van der Waals surface area contributed by atoms with Crippen molar-refractivity contribution < 1.29 is 12.8 Å². The summed E-state index contributed by atoms with van der Waals surface area (Å²) in [5.74, 6) is 1.10. The zero-order valence-corrected chi connectivity index (χ0v) is 12.3. The molecule has 0 radical (unpaired) electrons. The second-order valence-electron chi connectivity index (χ2n) is 4.50. The van der Waals surface area contributed by atoms with E-state index in [2.05, 4.69) is 0 Å². The number of nitrogens with two attached hydrogens (primary N) is 1. The number of sulfonamides is 1. The molecule has 0 aliphatic carbocycles. The van der Waals surface area contributed by atoms with E-state index in [0.29, 0.717) is 6.54 Å². The average Bonchev–Trinajstić information content (AvgIpc) is 2.39. The summed E-state index contributed by atoms with van der Waals surface area (Å²) in [6, 6.07) is 3.76. The maximum atomic E-state index is 13.4. The van der Waals surface area contributed by atoms with Crippen LogP contribution in [0.2, 0.25) is 0 Å². The van der Waals surface area contributed by atoms with Crippen molar-refractivity contribution in [1.82, 2.24) is 4.31 Å². The second-order valence-corrected chi connectivity index (χ2v) is 7.54. The molecule has 1 heterocycles. The molecule has 4 nitrogen and oxygen atoms in total. The number of hydrogen-bond donors (Lipinski definition) is 1. The van der Waals surface area contributed by atoms with Crippen LogP contribution in [-0.2, 0) is 16.6 Å². The van der Waals surface area contributed by atoms with E-state index in [1.54, 1.807) is 11.8 Å². The third-order valence-electron chi connectivity index (χ3n) is 3.15. The number of rotatable bonds is 3. The Morgan fingerprint density at radius 3 is 2.89 bits per heavy atom. The van der Waals surface area contributed by atoms with E-state index in [0.717, 1.165) is 11.5 Å². The third-order valence-corrected chi connectivity index (χ3v) is 6.35. The number of halogens is 1. The molecule has 0 bridgehead atoms. The molecule has 1 aromatic rings. The van der Waals surface area contributed by atoms with Gasteiger partial charge in [0.15, 0.2) is 0 Å². The van der Waals surface area contributed by atoms with Gasteiger partial charge in [-0.25, -0.2) is 12.8 Å². The van der Waals surface area contributed by atoms with E-state index in [1.165, 1.54) is 22.5 Å².